The SMILES string of the molecule is Cc1ccc(NC(=O)CN2CCN(C(=NC[C@@H]3CCCO3)Nc3cccc(C(=O)O)c3)CC2)cc1. The van der Waals surface area contributed by atoms with E-state index >= 15 is 0 Å². The van der Waals surface area contributed by atoms with Gasteiger partial charge in [0.05, 0.1) is 24.8 Å². The third kappa shape index (κ3) is 7.27. The lowest BCUT2D eigenvalue weighted by Crippen LogP contribution is -2.52. The van der Waals surface area contributed by atoms with Gasteiger partial charge in [0.2, 0.25) is 5.91 Å². The van der Waals surface area contributed by atoms with Crippen LogP contribution in [0.4, 0.5) is 11.4 Å². The molecule has 2 aliphatic rings. The molecular weight excluding hydrogens is 446 g/mol. The Labute approximate surface area is 205 Å². The molecule has 35 heavy (non-hydrogen) atoms. The number of carbonyl (C=O) groups is 2. The van der Waals surface area contributed by atoms with Gasteiger partial charge in [0, 0.05) is 44.2 Å². The number of carboxylic acids is 1. The van der Waals surface area contributed by atoms with E-state index < -0.39 is 5.97 Å². The lowest BCUT2D eigenvalue weighted by molar-refractivity contribution is -0.117. The maximum Gasteiger partial charge on any atom is 0.335 e. The van der Waals surface area contributed by atoms with Crippen molar-refractivity contribution in [2.45, 2.75) is 25.9 Å². The minimum absolute atomic E-state index is 0.0295. The summed E-state index contributed by atoms with van der Waals surface area (Å²) in [7, 11) is 0. The molecule has 0 spiro atoms. The number of piperazine rings is 1. The van der Waals surface area contributed by atoms with Gasteiger partial charge < -0.3 is 25.4 Å². The number of rotatable bonds is 7. The first-order valence-corrected chi connectivity index (χ1v) is 12.1. The Morgan fingerprint density at radius 2 is 1.83 bits per heavy atom. The number of nitrogens with one attached hydrogen (secondary N) is 2. The van der Waals surface area contributed by atoms with Crippen LogP contribution in [0.25, 0.3) is 0 Å². The normalized spacial score (nSPS) is 18.9. The van der Waals surface area contributed by atoms with Crippen molar-refractivity contribution in [1.29, 1.82) is 0 Å². The van der Waals surface area contributed by atoms with E-state index in [1.807, 2.05) is 37.3 Å². The highest BCUT2D eigenvalue weighted by molar-refractivity contribution is 5.96. The van der Waals surface area contributed by atoms with Gasteiger partial charge in [-0.1, -0.05) is 23.8 Å². The summed E-state index contributed by atoms with van der Waals surface area (Å²) in [5.74, 6) is -0.297. The molecule has 0 radical (unpaired) electrons. The second kappa shape index (κ2) is 11.8. The number of aryl methyl sites for hydroxylation is 1. The Morgan fingerprint density at radius 1 is 1.06 bits per heavy atom. The minimum Gasteiger partial charge on any atom is -0.478 e. The van der Waals surface area contributed by atoms with Gasteiger partial charge in [0.15, 0.2) is 5.96 Å². The summed E-state index contributed by atoms with van der Waals surface area (Å²) in [5, 5.41) is 15.6. The number of carbonyl (C=O) groups excluding carboxylic acids is 1. The number of aliphatic imine (C=N–C) groups is 1. The number of ether oxygens (including phenoxy) is 1. The van der Waals surface area contributed by atoms with Gasteiger partial charge in [0.1, 0.15) is 0 Å². The second-order valence-electron chi connectivity index (χ2n) is 8.99. The third-order valence-corrected chi connectivity index (χ3v) is 6.21. The number of anilines is 2. The molecule has 1 atom stereocenters. The highest BCUT2D eigenvalue weighted by Crippen LogP contribution is 2.16. The summed E-state index contributed by atoms with van der Waals surface area (Å²) in [4.78, 5) is 33.0. The molecule has 0 saturated carbocycles. The van der Waals surface area contributed by atoms with E-state index in [1.165, 1.54) is 0 Å². The molecule has 2 saturated heterocycles. The van der Waals surface area contributed by atoms with Gasteiger partial charge in [-0.05, 0) is 50.1 Å². The molecule has 4 rings (SSSR count). The number of hydrogen-bond donors (Lipinski definition) is 3. The molecule has 3 N–H and O–H groups in total. The minimum atomic E-state index is -0.968. The first kappa shape index (κ1) is 24.7. The maximum absolute atomic E-state index is 12.5. The van der Waals surface area contributed by atoms with Crippen LogP contribution in [0.3, 0.4) is 0 Å². The van der Waals surface area contributed by atoms with Gasteiger partial charge in [-0.3, -0.25) is 14.7 Å². The number of nitrogens with zero attached hydrogens (tertiary/aromatic N) is 3. The highest BCUT2D eigenvalue weighted by atomic mass is 16.5. The van der Waals surface area contributed by atoms with Crippen molar-refractivity contribution in [3.8, 4) is 0 Å². The molecule has 2 heterocycles. The Morgan fingerprint density at radius 3 is 2.51 bits per heavy atom. The largest absolute Gasteiger partial charge is 0.478 e. The number of hydrogen-bond acceptors (Lipinski definition) is 5. The zero-order chi connectivity index (χ0) is 24.6. The van der Waals surface area contributed by atoms with Crippen molar-refractivity contribution in [1.82, 2.24) is 9.80 Å². The van der Waals surface area contributed by atoms with Crippen molar-refractivity contribution in [3.05, 3.63) is 59.7 Å². The van der Waals surface area contributed by atoms with E-state index in [9.17, 15) is 14.7 Å². The fraction of sp³-hybridized carbons (Fsp3) is 0.423. The molecule has 1 amide bonds. The third-order valence-electron chi connectivity index (χ3n) is 6.21. The van der Waals surface area contributed by atoms with Crippen LogP contribution in [0, 0.1) is 6.92 Å². The summed E-state index contributed by atoms with van der Waals surface area (Å²) in [6.45, 7) is 6.52. The quantitative estimate of drug-likeness (QED) is 0.414. The molecule has 0 bridgehead atoms. The standard InChI is InChI=1S/C26H33N5O4/c1-19-7-9-21(10-8-19)28-24(32)18-30-11-13-31(14-12-30)26(27-17-23-6-3-15-35-23)29-22-5-2-4-20(16-22)25(33)34/h2,4-5,7-10,16,23H,3,6,11-15,17-18H2,1H3,(H,27,29)(H,28,32)(H,33,34)/t23-/m0/s1. The fourth-order valence-corrected chi connectivity index (χ4v) is 4.21. The first-order chi connectivity index (χ1) is 17.0. The lowest BCUT2D eigenvalue weighted by Gasteiger charge is -2.36. The highest BCUT2D eigenvalue weighted by Gasteiger charge is 2.23. The Hall–Kier alpha value is -3.43. The molecule has 2 aromatic rings. The zero-order valence-electron chi connectivity index (χ0n) is 20.1. The lowest BCUT2D eigenvalue weighted by atomic mass is 10.2. The van der Waals surface area contributed by atoms with E-state index in [0.29, 0.717) is 37.8 Å². The van der Waals surface area contributed by atoms with Gasteiger partial charge in [-0.2, -0.15) is 0 Å². The van der Waals surface area contributed by atoms with Crippen LogP contribution in [0.2, 0.25) is 0 Å². The summed E-state index contributed by atoms with van der Waals surface area (Å²) >= 11 is 0. The van der Waals surface area contributed by atoms with E-state index in [2.05, 4.69) is 20.4 Å². The molecule has 0 unspecified atom stereocenters. The number of guanidine groups is 1. The molecular formula is C26H33N5O4. The van der Waals surface area contributed by atoms with Crippen LogP contribution < -0.4 is 10.6 Å². The van der Waals surface area contributed by atoms with Crippen LogP contribution in [0.15, 0.2) is 53.5 Å². The van der Waals surface area contributed by atoms with Gasteiger partial charge in [-0.15, -0.1) is 0 Å². The van der Waals surface area contributed by atoms with Crippen LogP contribution in [0.5, 0.6) is 0 Å². The molecule has 9 heteroatoms. The average molecular weight is 480 g/mol. The predicted octanol–water partition coefficient (Wildman–Crippen LogP) is 2.90. The van der Waals surface area contributed by atoms with Crippen LogP contribution in [-0.4, -0.2) is 84.7 Å². The predicted molar refractivity (Wildman–Crippen MR) is 136 cm³/mol. The van der Waals surface area contributed by atoms with Crippen molar-refractivity contribution in [2.24, 2.45) is 4.99 Å². The molecule has 0 aliphatic carbocycles. The van der Waals surface area contributed by atoms with Crippen molar-refractivity contribution in [2.75, 3.05) is 56.5 Å². The van der Waals surface area contributed by atoms with Crippen molar-refractivity contribution >= 4 is 29.2 Å². The monoisotopic (exact) mass is 479 g/mol. The smallest absolute Gasteiger partial charge is 0.335 e. The molecule has 2 aliphatic heterocycles. The van der Waals surface area contributed by atoms with Crippen molar-refractivity contribution < 1.29 is 19.4 Å². The summed E-state index contributed by atoms with van der Waals surface area (Å²) < 4.78 is 5.72. The van der Waals surface area contributed by atoms with E-state index in [1.54, 1.807) is 18.2 Å². The van der Waals surface area contributed by atoms with Crippen LogP contribution in [0.1, 0.15) is 28.8 Å². The van der Waals surface area contributed by atoms with Gasteiger partial charge >= 0.3 is 5.97 Å². The number of benzene rings is 2. The van der Waals surface area contributed by atoms with Crippen LogP contribution in [-0.2, 0) is 9.53 Å². The Bertz CT molecular complexity index is 1040. The topological polar surface area (TPSA) is 107 Å². The fourth-order valence-electron chi connectivity index (χ4n) is 4.21. The van der Waals surface area contributed by atoms with Gasteiger partial charge in [0.25, 0.3) is 0 Å². The van der Waals surface area contributed by atoms with E-state index in [-0.39, 0.29) is 17.6 Å². The van der Waals surface area contributed by atoms with Crippen LogP contribution >= 0.6 is 0 Å². The summed E-state index contributed by atoms with van der Waals surface area (Å²) in [6.07, 6.45) is 2.16. The molecule has 0 aromatic heterocycles. The molecule has 186 valence electrons. The van der Waals surface area contributed by atoms with E-state index in [0.717, 1.165) is 43.8 Å². The summed E-state index contributed by atoms with van der Waals surface area (Å²) in [5.41, 5.74) is 2.85. The molecule has 2 fully saturated rings. The average Bonchev–Trinajstić information content (AvgIpc) is 3.38. The second-order valence-corrected chi connectivity index (χ2v) is 8.99. The maximum atomic E-state index is 12.5. The van der Waals surface area contributed by atoms with Gasteiger partial charge in [-0.25, -0.2) is 4.79 Å². The Balaban J connectivity index is 1.35. The van der Waals surface area contributed by atoms with E-state index in [4.69, 9.17) is 9.73 Å². The molecule has 2 aromatic carbocycles. The first-order valence-electron chi connectivity index (χ1n) is 12.1. The Kier molecular flexibility index (Phi) is 8.33. The zero-order valence-corrected chi connectivity index (χ0v) is 20.1. The number of amides is 1. The number of aromatic carboxylic acids is 1. The summed E-state index contributed by atoms with van der Waals surface area (Å²) in [6, 6.07) is 14.5. The molecule has 9 nitrogen and oxygen atoms in total. The number of carboxylic acid groups (broad SMARTS) is 1. The van der Waals surface area contributed by atoms with Crippen molar-refractivity contribution in [3.63, 3.8) is 0 Å².